The predicted octanol–water partition coefficient (Wildman–Crippen LogP) is 2.88. The summed E-state index contributed by atoms with van der Waals surface area (Å²) in [5.74, 6) is 0.749. The van der Waals surface area contributed by atoms with Gasteiger partial charge >= 0.3 is 0 Å². The fraction of sp³-hybridized carbons (Fsp3) is 0.647. The second-order valence-electron chi connectivity index (χ2n) is 6.80. The molecule has 1 unspecified atom stereocenters. The van der Waals surface area contributed by atoms with Crippen LogP contribution in [-0.2, 0) is 0 Å². The second kappa shape index (κ2) is 6.24. The van der Waals surface area contributed by atoms with Gasteiger partial charge in [0.25, 0.3) is 0 Å². The van der Waals surface area contributed by atoms with Crippen LogP contribution in [0.25, 0.3) is 0 Å². The first-order chi connectivity index (χ1) is 9.82. The maximum Gasteiger partial charge on any atom is 0.160 e. The van der Waals surface area contributed by atoms with Crippen molar-refractivity contribution in [3.63, 3.8) is 0 Å². The monoisotopic (exact) mass is 292 g/mol. The molecule has 0 radical (unpaired) electrons. The van der Waals surface area contributed by atoms with Crippen LogP contribution in [0.4, 0.5) is 0 Å². The van der Waals surface area contributed by atoms with Crippen LogP contribution >= 0.6 is 0 Å². The molecule has 1 aromatic carbocycles. The zero-order valence-electron chi connectivity index (χ0n) is 13.9. The van der Waals surface area contributed by atoms with Crippen LogP contribution in [-0.4, -0.2) is 53.7 Å². The molecule has 1 fully saturated rings. The molecule has 4 heteroatoms. The quantitative estimate of drug-likeness (QED) is 0.929. The van der Waals surface area contributed by atoms with E-state index in [-0.39, 0.29) is 11.3 Å². The third kappa shape index (κ3) is 3.69. The summed E-state index contributed by atoms with van der Waals surface area (Å²) in [6.45, 7) is 13.4. The zero-order chi connectivity index (χ0) is 15.6. The summed E-state index contributed by atoms with van der Waals surface area (Å²) in [6.07, 6.45) is 0. The molecule has 0 bridgehead atoms. The van der Waals surface area contributed by atoms with E-state index in [1.54, 1.807) is 13.2 Å². The first-order valence-electron chi connectivity index (χ1n) is 7.69. The Labute approximate surface area is 128 Å². The second-order valence-corrected chi connectivity index (χ2v) is 6.80. The summed E-state index contributed by atoms with van der Waals surface area (Å²) in [7, 11) is 1.59. The van der Waals surface area contributed by atoms with Crippen LogP contribution < -0.4 is 4.74 Å². The molecule has 0 aromatic heterocycles. The average molecular weight is 292 g/mol. The van der Waals surface area contributed by atoms with E-state index in [1.807, 2.05) is 12.1 Å². The normalized spacial score (nSPS) is 19.5. The molecular formula is C17H28N2O2. The van der Waals surface area contributed by atoms with Crippen molar-refractivity contribution in [2.75, 3.05) is 33.3 Å². The lowest BCUT2D eigenvalue weighted by molar-refractivity contribution is 0.0453. The minimum absolute atomic E-state index is 0.200. The van der Waals surface area contributed by atoms with Crippen LogP contribution in [0, 0.1) is 0 Å². The number of phenolic OH excluding ortho intramolecular Hbond substituents is 1. The van der Waals surface area contributed by atoms with Crippen molar-refractivity contribution in [2.24, 2.45) is 0 Å². The molecule has 1 N–H and O–H groups in total. The Balaban J connectivity index is 2.03. The summed E-state index contributed by atoms with van der Waals surface area (Å²) in [6, 6.07) is 5.98. The molecule has 1 aliphatic rings. The minimum Gasteiger partial charge on any atom is -0.504 e. The third-order valence-electron chi connectivity index (χ3n) is 4.50. The van der Waals surface area contributed by atoms with E-state index in [0.717, 1.165) is 26.2 Å². The summed E-state index contributed by atoms with van der Waals surface area (Å²) < 4.78 is 5.21. The van der Waals surface area contributed by atoms with E-state index in [0.29, 0.717) is 11.8 Å². The molecule has 0 saturated carbocycles. The lowest BCUT2D eigenvalue weighted by Gasteiger charge is -2.44. The van der Waals surface area contributed by atoms with Crippen molar-refractivity contribution in [1.29, 1.82) is 0 Å². The molecule has 1 atom stereocenters. The number of rotatable bonds is 3. The summed E-state index contributed by atoms with van der Waals surface area (Å²) in [4.78, 5) is 5.03. The number of methoxy groups -OCH3 is 1. The van der Waals surface area contributed by atoms with Gasteiger partial charge in [-0.3, -0.25) is 9.80 Å². The van der Waals surface area contributed by atoms with E-state index < -0.39 is 0 Å². The standard InChI is InChI=1S/C17H28N2O2/c1-13(14-6-7-15(20)16(12-14)21-5)18-8-10-19(11-9-18)17(2,3)4/h6-7,12-13,20H,8-11H2,1-5H3. The average Bonchev–Trinajstić information content (AvgIpc) is 2.46. The zero-order valence-corrected chi connectivity index (χ0v) is 13.9. The molecule has 0 amide bonds. The van der Waals surface area contributed by atoms with Crippen molar-refractivity contribution >= 4 is 0 Å². The van der Waals surface area contributed by atoms with Gasteiger partial charge in [0.05, 0.1) is 7.11 Å². The lowest BCUT2D eigenvalue weighted by atomic mass is 10.0. The fourth-order valence-corrected chi connectivity index (χ4v) is 2.94. The van der Waals surface area contributed by atoms with Gasteiger partial charge in [-0.25, -0.2) is 0 Å². The van der Waals surface area contributed by atoms with Gasteiger partial charge in [-0.15, -0.1) is 0 Å². The Hall–Kier alpha value is -1.26. The number of hydrogen-bond acceptors (Lipinski definition) is 4. The van der Waals surface area contributed by atoms with Crippen molar-refractivity contribution in [1.82, 2.24) is 9.80 Å². The molecule has 1 aromatic rings. The number of piperazine rings is 1. The van der Waals surface area contributed by atoms with Crippen molar-refractivity contribution < 1.29 is 9.84 Å². The molecule has 2 rings (SSSR count). The molecule has 1 heterocycles. The van der Waals surface area contributed by atoms with Crippen LogP contribution in [0.15, 0.2) is 18.2 Å². The Kier molecular flexibility index (Phi) is 4.79. The Morgan fingerprint density at radius 2 is 1.76 bits per heavy atom. The van der Waals surface area contributed by atoms with Gasteiger partial charge in [-0.2, -0.15) is 0 Å². The number of phenols is 1. The van der Waals surface area contributed by atoms with Gasteiger partial charge in [0, 0.05) is 37.8 Å². The van der Waals surface area contributed by atoms with Crippen molar-refractivity contribution in [2.45, 2.75) is 39.3 Å². The minimum atomic E-state index is 0.200. The number of benzene rings is 1. The van der Waals surface area contributed by atoms with Crippen LogP contribution in [0.3, 0.4) is 0 Å². The van der Waals surface area contributed by atoms with Gasteiger partial charge < -0.3 is 9.84 Å². The van der Waals surface area contributed by atoms with E-state index >= 15 is 0 Å². The lowest BCUT2D eigenvalue weighted by Crippen LogP contribution is -2.53. The van der Waals surface area contributed by atoms with Crippen LogP contribution in [0.1, 0.15) is 39.3 Å². The number of aromatic hydroxyl groups is 1. The van der Waals surface area contributed by atoms with Gasteiger partial charge in [0.1, 0.15) is 0 Å². The first kappa shape index (κ1) is 16.1. The SMILES string of the molecule is COc1cc(C(C)N2CCN(C(C)(C)C)CC2)ccc1O. The van der Waals surface area contributed by atoms with Gasteiger partial charge in [0.15, 0.2) is 11.5 Å². The highest BCUT2D eigenvalue weighted by molar-refractivity contribution is 5.42. The highest BCUT2D eigenvalue weighted by Gasteiger charge is 2.28. The van der Waals surface area contributed by atoms with Gasteiger partial charge in [-0.05, 0) is 45.4 Å². The molecule has 1 saturated heterocycles. The summed E-state index contributed by atoms with van der Waals surface area (Å²) in [5, 5.41) is 9.71. The Morgan fingerprint density at radius 1 is 1.14 bits per heavy atom. The fourth-order valence-electron chi connectivity index (χ4n) is 2.94. The smallest absolute Gasteiger partial charge is 0.160 e. The maximum atomic E-state index is 9.71. The Morgan fingerprint density at radius 3 is 2.29 bits per heavy atom. The number of ether oxygens (including phenoxy) is 1. The predicted molar refractivity (Wildman–Crippen MR) is 86.0 cm³/mol. The van der Waals surface area contributed by atoms with Crippen molar-refractivity contribution in [3.05, 3.63) is 23.8 Å². The molecule has 118 valence electrons. The largest absolute Gasteiger partial charge is 0.504 e. The van der Waals surface area contributed by atoms with Crippen molar-refractivity contribution in [3.8, 4) is 11.5 Å². The molecule has 4 nitrogen and oxygen atoms in total. The summed E-state index contributed by atoms with van der Waals surface area (Å²) >= 11 is 0. The van der Waals surface area contributed by atoms with E-state index in [4.69, 9.17) is 4.74 Å². The van der Waals surface area contributed by atoms with E-state index in [2.05, 4.69) is 37.5 Å². The third-order valence-corrected chi connectivity index (χ3v) is 4.50. The summed E-state index contributed by atoms with van der Waals surface area (Å²) in [5.41, 5.74) is 1.44. The molecule has 1 aliphatic heterocycles. The topological polar surface area (TPSA) is 35.9 Å². The van der Waals surface area contributed by atoms with Gasteiger partial charge in [-0.1, -0.05) is 6.07 Å². The molecular weight excluding hydrogens is 264 g/mol. The molecule has 0 spiro atoms. The van der Waals surface area contributed by atoms with E-state index in [1.165, 1.54) is 5.56 Å². The Bertz CT molecular complexity index is 474. The van der Waals surface area contributed by atoms with E-state index in [9.17, 15) is 5.11 Å². The highest BCUT2D eigenvalue weighted by atomic mass is 16.5. The first-order valence-corrected chi connectivity index (χ1v) is 7.69. The van der Waals surface area contributed by atoms with Crippen LogP contribution in [0.5, 0.6) is 11.5 Å². The maximum absolute atomic E-state index is 9.71. The number of nitrogens with zero attached hydrogens (tertiary/aromatic N) is 2. The molecule has 0 aliphatic carbocycles. The highest BCUT2D eigenvalue weighted by Crippen LogP contribution is 2.31. The number of hydrogen-bond donors (Lipinski definition) is 1. The molecule has 21 heavy (non-hydrogen) atoms. The van der Waals surface area contributed by atoms with Gasteiger partial charge in [0.2, 0.25) is 0 Å². The van der Waals surface area contributed by atoms with Crippen LogP contribution in [0.2, 0.25) is 0 Å².